The molecule has 0 atom stereocenters. The van der Waals surface area contributed by atoms with Crippen LogP contribution in [0.5, 0.6) is 0 Å². The van der Waals surface area contributed by atoms with Crippen LogP contribution < -0.4 is 10.6 Å². The first kappa shape index (κ1) is 9.11. The fraction of sp³-hybridized carbons (Fsp3) is 0.750. The number of hydrogen-bond acceptors (Lipinski definition) is 3. The van der Waals surface area contributed by atoms with E-state index in [0.717, 1.165) is 0 Å². The number of carbonyl (C=O) groups excluding carboxylic acids is 1. The summed E-state index contributed by atoms with van der Waals surface area (Å²) in [5.74, 6) is 0. The van der Waals surface area contributed by atoms with E-state index in [9.17, 15) is 9.59 Å². The highest BCUT2D eigenvalue weighted by molar-refractivity contribution is 5.71. The molecule has 14 heavy (non-hydrogen) atoms. The lowest BCUT2D eigenvalue weighted by Gasteiger charge is -2.69. The summed E-state index contributed by atoms with van der Waals surface area (Å²) < 4.78 is 4.47. The predicted octanol–water partition coefficient (Wildman–Crippen LogP) is 0.285. The van der Waals surface area contributed by atoms with Crippen LogP contribution in [0.15, 0.2) is 0 Å². The van der Waals surface area contributed by atoms with E-state index in [1.54, 1.807) is 0 Å². The molecule has 3 aliphatic carbocycles. The molecule has 3 fully saturated rings. The second kappa shape index (κ2) is 2.52. The summed E-state index contributed by atoms with van der Waals surface area (Å²) in [5.41, 5.74) is -0.498. The number of methoxy groups -OCH3 is 1. The molecule has 3 N–H and O–H groups in total. The quantitative estimate of drug-likeness (QED) is 0.597. The summed E-state index contributed by atoms with van der Waals surface area (Å²) in [7, 11) is 1.31. The minimum absolute atomic E-state index is 0.213. The summed E-state index contributed by atoms with van der Waals surface area (Å²) in [4.78, 5) is 21.3. The highest BCUT2D eigenvalue weighted by Crippen LogP contribution is 2.60. The standard InChI is InChI=1S/C8H12N2O4/c1-14-6(13)10-8-2-7(3-8,4-8)9-5(11)12/h9H,2-4H2,1H3,(H,10,13)(H,11,12). The Morgan fingerprint density at radius 3 is 2.14 bits per heavy atom. The molecule has 3 rings (SSSR count). The molecule has 0 radical (unpaired) electrons. The van der Waals surface area contributed by atoms with Crippen LogP contribution in [0.2, 0.25) is 0 Å². The monoisotopic (exact) mass is 200 g/mol. The van der Waals surface area contributed by atoms with Gasteiger partial charge in [-0.3, -0.25) is 0 Å². The molecule has 2 bridgehead atoms. The largest absolute Gasteiger partial charge is 0.465 e. The van der Waals surface area contributed by atoms with Gasteiger partial charge in [-0.25, -0.2) is 9.59 Å². The van der Waals surface area contributed by atoms with Crippen LogP contribution in [0.1, 0.15) is 19.3 Å². The number of amides is 2. The van der Waals surface area contributed by atoms with Crippen LogP contribution in [0, 0.1) is 0 Å². The van der Waals surface area contributed by atoms with E-state index >= 15 is 0 Å². The maximum atomic E-state index is 10.9. The Morgan fingerprint density at radius 1 is 1.21 bits per heavy atom. The third-order valence-electron chi connectivity index (χ3n) is 2.96. The van der Waals surface area contributed by atoms with Crippen molar-refractivity contribution in [2.45, 2.75) is 30.3 Å². The zero-order valence-corrected chi connectivity index (χ0v) is 7.79. The number of ether oxygens (including phenoxy) is 1. The van der Waals surface area contributed by atoms with Crippen molar-refractivity contribution >= 4 is 12.2 Å². The number of hydrogen-bond donors (Lipinski definition) is 3. The molecular formula is C8H12N2O4. The van der Waals surface area contributed by atoms with Crippen LogP contribution in [0.3, 0.4) is 0 Å². The maximum absolute atomic E-state index is 10.9. The number of carbonyl (C=O) groups is 2. The van der Waals surface area contributed by atoms with Crippen molar-refractivity contribution in [1.82, 2.24) is 10.6 Å². The molecule has 6 heteroatoms. The Hall–Kier alpha value is -1.46. The normalized spacial score (nSPS) is 37.5. The SMILES string of the molecule is COC(=O)NC12CC(NC(=O)O)(C1)C2. The first-order chi connectivity index (χ1) is 6.49. The van der Waals surface area contributed by atoms with Crippen molar-refractivity contribution in [3.05, 3.63) is 0 Å². The molecule has 6 nitrogen and oxygen atoms in total. The smallest absolute Gasteiger partial charge is 0.407 e. The van der Waals surface area contributed by atoms with Gasteiger partial charge in [0.05, 0.1) is 18.2 Å². The molecular weight excluding hydrogens is 188 g/mol. The predicted molar refractivity (Wildman–Crippen MR) is 46.0 cm³/mol. The molecule has 0 heterocycles. The molecule has 0 spiro atoms. The summed E-state index contributed by atoms with van der Waals surface area (Å²) in [5, 5.41) is 13.7. The van der Waals surface area contributed by atoms with Gasteiger partial charge < -0.3 is 20.5 Å². The highest BCUT2D eigenvalue weighted by Gasteiger charge is 2.69. The lowest BCUT2D eigenvalue weighted by atomic mass is 9.44. The Bertz CT molecular complexity index is 282. The Kier molecular flexibility index (Phi) is 1.64. The molecule has 3 aliphatic rings. The van der Waals surface area contributed by atoms with Gasteiger partial charge in [-0.15, -0.1) is 0 Å². The van der Waals surface area contributed by atoms with Crippen LogP contribution in [0.4, 0.5) is 9.59 Å². The lowest BCUT2D eigenvalue weighted by Crippen LogP contribution is -2.83. The third-order valence-corrected chi connectivity index (χ3v) is 2.96. The van der Waals surface area contributed by atoms with Crippen molar-refractivity contribution in [3.8, 4) is 0 Å². The van der Waals surface area contributed by atoms with Gasteiger partial charge in [0, 0.05) is 0 Å². The second-order valence-corrected chi connectivity index (χ2v) is 4.14. The molecule has 0 aliphatic heterocycles. The van der Waals surface area contributed by atoms with Crippen molar-refractivity contribution in [2.24, 2.45) is 0 Å². The second-order valence-electron chi connectivity index (χ2n) is 4.14. The van der Waals surface area contributed by atoms with Gasteiger partial charge in [-0.05, 0) is 19.3 Å². The van der Waals surface area contributed by atoms with Crippen molar-refractivity contribution < 1.29 is 19.4 Å². The van der Waals surface area contributed by atoms with Gasteiger partial charge in [0.25, 0.3) is 0 Å². The first-order valence-electron chi connectivity index (χ1n) is 4.37. The van der Waals surface area contributed by atoms with Crippen molar-refractivity contribution in [2.75, 3.05) is 7.11 Å². The molecule has 3 saturated carbocycles. The van der Waals surface area contributed by atoms with Crippen molar-refractivity contribution in [1.29, 1.82) is 0 Å². The number of carboxylic acid groups (broad SMARTS) is 1. The fourth-order valence-electron chi connectivity index (χ4n) is 2.55. The minimum atomic E-state index is -1.00. The van der Waals surface area contributed by atoms with Gasteiger partial charge in [0.1, 0.15) is 0 Å². The van der Waals surface area contributed by atoms with Gasteiger partial charge in [-0.2, -0.15) is 0 Å². The minimum Gasteiger partial charge on any atom is -0.465 e. The number of alkyl carbamates (subject to hydrolysis) is 1. The third kappa shape index (κ3) is 1.18. The molecule has 2 amide bonds. The van der Waals surface area contributed by atoms with Crippen LogP contribution >= 0.6 is 0 Å². The van der Waals surface area contributed by atoms with Crippen LogP contribution in [0.25, 0.3) is 0 Å². The molecule has 0 unspecified atom stereocenters. The Morgan fingerprint density at radius 2 is 1.71 bits per heavy atom. The highest BCUT2D eigenvalue weighted by atomic mass is 16.5. The first-order valence-corrected chi connectivity index (χ1v) is 4.37. The van der Waals surface area contributed by atoms with E-state index in [1.807, 2.05) is 0 Å². The number of nitrogens with one attached hydrogen (secondary N) is 2. The van der Waals surface area contributed by atoms with Gasteiger partial charge >= 0.3 is 12.2 Å². The van der Waals surface area contributed by atoms with E-state index in [2.05, 4.69) is 15.4 Å². The average molecular weight is 200 g/mol. The van der Waals surface area contributed by atoms with Crippen LogP contribution in [-0.2, 0) is 4.74 Å². The van der Waals surface area contributed by atoms with E-state index in [4.69, 9.17) is 5.11 Å². The maximum Gasteiger partial charge on any atom is 0.407 e. The Labute approximate surface area is 80.6 Å². The van der Waals surface area contributed by atoms with E-state index in [0.29, 0.717) is 19.3 Å². The average Bonchev–Trinajstić information content (AvgIpc) is 1.97. The Balaban J connectivity index is 1.82. The topological polar surface area (TPSA) is 87.7 Å². The van der Waals surface area contributed by atoms with E-state index in [-0.39, 0.29) is 11.1 Å². The van der Waals surface area contributed by atoms with Gasteiger partial charge in [0.15, 0.2) is 0 Å². The summed E-state index contributed by atoms with van der Waals surface area (Å²) in [6.45, 7) is 0. The molecule has 78 valence electrons. The lowest BCUT2D eigenvalue weighted by molar-refractivity contribution is -0.0939. The fourth-order valence-corrected chi connectivity index (χ4v) is 2.55. The van der Waals surface area contributed by atoms with Crippen molar-refractivity contribution in [3.63, 3.8) is 0 Å². The van der Waals surface area contributed by atoms with Gasteiger partial charge in [0.2, 0.25) is 0 Å². The summed E-state index contributed by atoms with van der Waals surface area (Å²) >= 11 is 0. The molecule has 0 saturated heterocycles. The van der Waals surface area contributed by atoms with E-state index < -0.39 is 12.2 Å². The van der Waals surface area contributed by atoms with Gasteiger partial charge in [-0.1, -0.05) is 0 Å². The van der Waals surface area contributed by atoms with Crippen LogP contribution in [-0.4, -0.2) is 35.5 Å². The zero-order valence-electron chi connectivity index (χ0n) is 7.79. The summed E-state index contributed by atoms with van der Waals surface area (Å²) in [6.07, 6.45) is 0.550. The zero-order chi connectivity index (χ0) is 10.4. The summed E-state index contributed by atoms with van der Waals surface area (Å²) in [6, 6.07) is 0. The molecule has 0 aromatic carbocycles. The molecule has 0 aromatic heterocycles. The number of rotatable bonds is 2. The molecule has 0 aromatic rings. The van der Waals surface area contributed by atoms with E-state index in [1.165, 1.54) is 7.11 Å².